The van der Waals surface area contributed by atoms with Crippen LogP contribution in [0.5, 0.6) is 5.75 Å². The number of anilines is 1. The Balaban J connectivity index is 1.74. The number of hydrogen-bond donors (Lipinski definition) is 0. The molecule has 0 saturated heterocycles. The average molecular weight is 432 g/mol. The predicted molar refractivity (Wildman–Crippen MR) is 126 cm³/mol. The summed E-state index contributed by atoms with van der Waals surface area (Å²) >= 11 is 1.49. The Kier molecular flexibility index (Phi) is 6.00. The lowest BCUT2D eigenvalue weighted by Crippen LogP contribution is -2.32. The maximum atomic E-state index is 13.6. The van der Waals surface area contributed by atoms with E-state index in [-0.39, 0.29) is 5.91 Å². The number of para-hydroxylation sites is 1. The summed E-state index contributed by atoms with van der Waals surface area (Å²) in [5.41, 5.74) is 6.13. The van der Waals surface area contributed by atoms with Gasteiger partial charge in [-0.05, 0) is 61.7 Å². The molecule has 0 atom stereocenters. The number of pyridine rings is 1. The zero-order chi connectivity index (χ0) is 22.0. The number of rotatable bonds is 6. The van der Waals surface area contributed by atoms with Crippen LogP contribution in [0.1, 0.15) is 27.9 Å². The zero-order valence-electron chi connectivity index (χ0n) is 18.2. The highest BCUT2D eigenvalue weighted by Gasteiger charge is 2.23. The number of thiazole rings is 1. The molecule has 158 valence electrons. The number of aromatic nitrogens is 2. The summed E-state index contributed by atoms with van der Waals surface area (Å²) in [6.45, 7) is 6.57. The topological polar surface area (TPSA) is 55.3 Å². The minimum atomic E-state index is -0.00118. The van der Waals surface area contributed by atoms with Gasteiger partial charge in [0.1, 0.15) is 11.3 Å². The monoisotopic (exact) mass is 431 g/mol. The largest absolute Gasteiger partial charge is 0.494 e. The molecule has 0 aliphatic heterocycles. The molecule has 0 aliphatic carbocycles. The highest BCUT2D eigenvalue weighted by atomic mass is 32.1. The fraction of sp³-hybridized carbons (Fsp3) is 0.240. The number of benzene rings is 2. The molecule has 2 aromatic heterocycles. The van der Waals surface area contributed by atoms with E-state index in [9.17, 15) is 4.79 Å². The van der Waals surface area contributed by atoms with E-state index in [4.69, 9.17) is 9.72 Å². The second-order valence-corrected chi connectivity index (χ2v) is 8.67. The van der Waals surface area contributed by atoms with Crippen molar-refractivity contribution >= 4 is 32.6 Å². The van der Waals surface area contributed by atoms with Crippen LogP contribution in [0.15, 0.2) is 54.7 Å². The number of fused-ring (bicyclic) bond motifs is 1. The number of hydrogen-bond acceptors (Lipinski definition) is 5. The van der Waals surface area contributed by atoms with Crippen LogP contribution in [0.3, 0.4) is 0 Å². The first-order valence-electron chi connectivity index (χ1n) is 10.2. The summed E-state index contributed by atoms with van der Waals surface area (Å²) in [7, 11) is 1.63. The minimum absolute atomic E-state index is 0.00118. The van der Waals surface area contributed by atoms with E-state index in [0.717, 1.165) is 32.6 Å². The molecule has 0 saturated carbocycles. The van der Waals surface area contributed by atoms with Gasteiger partial charge in [0.2, 0.25) is 5.91 Å². The maximum Gasteiger partial charge on any atom is 0.233 e. The van der Waals surface area contributed by atoms with Gasteiger partial charge < -0.3 is 4.74 Å². The quantitative estimate of drug-likeness (QED) is 0.410. The van der Waals surface area contributed by atoms with Gasteiger partial charge in [-0.25, -0.2) is 4.98 Å². The smallest absolute Gasteiger partial charge is 0.233 e. The van der Waals surface area contributed by atoms with Crippen molar-refractivity contribution in [3.05, 3.63) is 82.7 Å². The molecule has 0 fully saturated rings. The normalized spacial score (nSPS) is 11.0. The van der Waals surface area contributed by atoms with Crippen molar-refractivity contribution in [2.24, 2.45) is 0 Å². The van der Waals surface area contributed by atoms with Crippen molar-refractivity contribution in [2.75, 3.05) is 12.0 Å². The molecule has 0 radical (unpaired) electrons. The molecule has 0 aliphatic rings. The minimum Gasteiger partial charge on any atom is -0.494 e. The van der Waals surface area contributed by atoms with Gasteiger partial charge in [-0.2, -0.15) is 0 Å². The Hall–Kier alpha value is -3.25. The Bertz CT molecular complexity index is 1210. The van der Waals surface area contributed by atoms with Crippen molar-refractivity contribution in [3.63, 3.8) is 0 Å². The van der Waals surface area contributed by atoms with Crippen LogP contribution in [0, 0.1) is 20.8 Å². The third-order valence-electron chi connectivity index (χ3n) is 5.34. The molecule has 2 aromatic carbocycles. The van der Waals surface area contributed by atoms with Gasteiger partial charge in [-0.3, -0.25) is 14.7 Å². The van der Waals surface area contributed by atoms with E-state index in [1.54, 1.807) is 18.2 Å². The number of amides is 1. The van der Waals surface area contributed by atoms with Crippen LogP contribution >= 0.6 is 11.3 Å². The molecule has 0 unspecified atom stereocenters. The van der Waals surface area contributed by atoms with Crippen molar-refractivity contribution in [1.82, 2.24) is 9.97 Å². The second-order valence-electron chi connectivity index (χ2n) is 7.66. The van der Waals surface area contributed by atoms with E-state index in [1.807, 2.05) is 36.4 Å². The Morgan fingerprint density at radius 1 is 1.06 bits per heavy atom. The second kappa shape index (κ2) is 8.86. The van der Waals surface area contributed by atoms with Crippen molar-refractivity contribution < 1.29 is 9.53 Å². The van der Waals surface area contributed by atoms with Crippen molar-refractivity contribution in [2.45, 2.75) is 33.7 Å². The van der Waals surface area contributed by atoms with Crippen molar-refractivity contribution in [3.8, 4) is 5.75 Å². The van der Waals surface area contributed by atoms with Gasteiger partial charge in [0, 0.05) is 6.20 Å². The first kappa shape index (κ1) is 21.0. The summed E-state index contributed by atoms with van der Waals surface area (Å²) in [5, 5.41) is 0.651. The molecule has 0 spiro atoms. The lowest BCUT2D eigenvalue weighted by atomic mass is 9.97. The number of ether oxygens (including phenoxy) is 1. The van der Waals surface area contributed by atoms with Crippen molar-refractivity contribution in [1.29, 1.82) is 0 Å². The summed E-state index contributed by atoms with van der Waals surface area (Å²) in [4.78, 5) is 24.5. The Morgan fingerprint density at radius 3 is 2.52 bits per heavy atom. The van der Waals surface area contributed by atoms with Gasteiger partial charge in [-0.1, -0.05) is 41.2 Å². The van der Waals surface area contributed by atoms with E-state index in [2.05, 4.69) is 37.9 Å². The van der Waals surface area contributed by atoms with Gasteiger partial charge >= 0.3 is 0 Å². The highest BCUT2D eigenvalue weighted by Crippen LogP contribution is 2.35. The maximum absolute atomic E-state index is 13.6. The van der Waals surface area contributed by atoms with E-state index in [0.29, 0.717) is 23.8 Å². The van der Waals surface area contributed by atoms with Gasteiger partial charge in [0.05, 0.1) is 30.5 Å². The van der Waals surface area contributed by atoms with Crippen LogP contribution < -0.4 is 9.64 Å². The SMILES string of the molecule is COc1cccc2sc(N(Cc3ccccn3)C(=O)Cc3c(C)cc(C)cc3C)nc12. The molecular weight excluding hydrogens is 406 g/mol. The van der Waals surface area contributed by atoms with Crippen LogP contribution in [0.4, 0.5) is 5.13 Å². The lowest BCUT2D eigenvalue weighted by Gasteiger charge is -2.21. The molecule has 5 nitrogen and oxygen atoms in total. The molecule has 0 N–H and O–H groups in total. The lowest BCUT2D eigenvalue weighted by molar-refractivity contribution is -0.118. The first-order chi connectivity index (χ1) is 15.0. The zero-order valence-corrected chi connectivity index (χ0v) is 19.0. The summed E-state index contributed by atoms with van der Waals surface area (Å²) in [6, 6.07) is 15.8. The molecule has 4 rings (SSSR count). The summed E-state index contributed by atoms with van der Waals surface area (Å²) in [6.07, 6.45) is 2.06. The van der Waals surface area contributed by atoms with Crippen LogP contribution in [0.2, 0.25) is 0 Å². The summed E-state index contributed by atoms with van der Waals surface area (Å²) in [5.74, 6) is 0.703. The van der Waals surface area contributed by atoms with E-state index < -0.39 is 0 Å². The van der Waals surface area contributed by atoms with E-state index in [1.165, 1.54) is 16.9 Å². The fourth-order valence-electron chi connectivity index (χ4n) is 3.84. The standard InChI is InChI=1S/C25H25N3O2S/c1-16-12-17(2)20(18(3)13-16)14-23(29)28(15-19-8-5-6-11-26-19)25-27-24-21(30-4)9-7-10-22(24)31-25/h5-13H,14-15H2,1-4H3. The van der Waals surface area contributed by atoms with Crippen LogP contribution in [-0.2, 0) is 17.8 Å². The molecule has 2 heterocycles. The molecule has 31 heavy (non-hydrogen) atoms. The first-order valence-corrected chi connectivity index (χ1v) is 11.0. The number of carbonyl (C=O) groups is 1. The number of aryl methyl sites for hydroxylation is 3. The highest BCUT2D eigenvalue weighted by molar-refractivity contribution is 7.22. The molecule has 4 aromatic rings. The third kappa shape index (κ3) is 4.44. The summed E-state index contributed by atoms with van der Waals surface area (Å²) < 4.78 is 6.45. The molecule has 6 heteroatoms. The number of methoxy groups -OCH3 is 1. The molecular formula is C25H25N3O2S. The number of carbonyl (C=O) groups excluding carboxylic acids is 1. The van der Waals surface area contributed by atoms with Gasteiger partial charge in [0.25, 0.3) is 0 Å². The Morgan fingerprint density at radius 2 is 1.84 bits per heavy atom. The third-order valence-corrected chi connectivity index (χ3v) is 6.38. The molecule has 0 bridgehead atoms. The van der Waals surface area contributed by atoms with Crippen LogP contribution in [-0.4, -0.2) is 23.0 Å². The van der Waals surface area contributed by atoms with E-state index >= 15 is 0 Å². The predicted octanol–water partition coefficient (Wildman–Crippen LogP) is 5.40. The van der Waals surface area contributed by atoms with Gasteiger partial charge in [0.15, 0.2) is 5.13 Å². The number of nitrogens with zero attached hydrogens (tertiary/aromatic N) is 3. The van der Waals surface area contributed by atoms with Gasteiger partial charge in [-0.15, -0.1) is 0 Å². The Labute approximate surface area is 186 Å². The molecule has 1 amide bonds. The fourth-order valence-corrected chi connectivity index (χ4v) is 4.84. The average Bonchev–Trinajstić information content (AvgIpc) is 3.19. The van der Waals surface area contributed by atoms with Crippen LogP contribution in [0.25, 0.3) is 10.2 Å².